The van der Waals surface area contributed by atoms with Gasteiger partial charge in [0.05, 0.1) is 35.3 Å². The van der Waals surface area contributed by atoms with E-state index in [1.165, 1.54) is 18.2 Å². The molecule has 1 aliphatic rings. The number of ether oxygens (including phenoxy) is 2. The van der Waals surface area contributed by atoms with Gasteiger partial charge in [-0.1, -0.05) is 0 Å². The van der Waals surface area contributed by atoms with E-state index in [1.54, 1.807) is 43.7 Å². The molecule has 3 rings (SSSR count). The Labute approximate surface area is 190 Å². The van der Waals surface area contributed by atoms with E-state index in [-0.39, 0.29) is 30.3 Å². The molecule has 0 aliphatic carbocycles. The predicted octanol–water partition coefficient (Wildman–Crippen LogP) is 2.70. The molecule has 2 N–H and O–H groups in total. The zero-order valence-electron chi connectivity index (χ0n) is 18.8. The minimum absolute atomic E-state index is 0.169. The number of amides is 2. The van der Waals surface area contributed by atoms with Crippen LogP contribution in [0.4, 0.5) is 9.18 Å². The maximum Gasteiger partial charge on any atom is 0.338 e. The van der Waals surface area contributed by atoms with Gasteiger partial charge >= 0.3 is 18.0 Å². The van der Waals surface area contributed by atoms with Crippen LogP contribution in [0.3, 0.4) is 0 Å². The number of carbonyl (C=O) groups excluding carboxylic acids is 3. The molecule has 2 aromatic rings. The molecule has 33 heavy (non-hydrogen) atoms. The van der Waals surface area contributed by atoms with Crippen LogP contribution in [0, 0.1) is 19.7 Å². The highest BCUT2D eigenvalue weighted by atomic mass is 19.1. The first-order valence-corrected chi connectivity index (χ1v) is 10.4. The molecule has 1 aromatic heterocycles. The van der Waals surface area contributed by atoms with Crippen molar-refractivity contribution in [3.05, 3.63) is 64.4 Å². The molecule has 10 heteroatoms. The average molecular weight is 456 g/mol. The molecule has 1 unspecified atom stereocenters. The molecular formula is C23H25FN4O5. The Morgan fingerprint density at radius 3 is 2.58 bits per heavy atom. The number of esters is 2. The summed E-state index contributed by atoms with van der Waals surface area (Å²) in [5.74, 6) is -1.61. The summed E-state index contributed by atoms with van der Waals surface area (Å²) in [6, 6.07) is 4.82. The van der Waals surface area contributed by atoms with Gasteiger partial charge in [0.15, 0.2) is 0 Å². The van der Waals surface area contributed by atoms with Crippen LogP contribution in [-0.4, -0.2) is 47.0 Å². The second-order valence-electron chi connectivity index (χ2n) is 7.35. The maximum absolute atomic E-state index is 13.2. The first kappa shape index (κ1) is 23.7. The monoisotopic (exact) mass is 456 g/mol. The highest BCUT2D eigenvalue weighted by Gasteiger charge is 2.30. The molecule has 1 aliphatic heterocycles. The van der Waals surface area contributed by atoms with Gasteiger partial charge in [0.25, 0.3) is 0 Å². The number of carbonyl (C=O) groups is 3. The smallest absolute Gasteiger partial charge is 0.338 e. The van der Waals surface area contributed by atoms with E-state index in [2.05, 4.69) is 15.7 Å². The zero-order chi connectivity index (χ0) is 24.1. The summed E-state index contributed by atoms with van der Waals surface area (Å²) in [5, 5.41) is 9.52. The lowest BCUT2D eigenvalue weighted by Gasteiger charge is -2.26. The number of halogens is 1. The van der Waals surface area contributed by atoms with Crippen LogP contribution in [0.2, 0.25) is 0 Å². The van der Waals surface area contributed by atoms with Crippen molar-refractivity contribution in [2.24, 2.45) is 0 Å². The summed E-state index contributed by atoms with van der Waals surface area (Å²) in [5.41, 5.74) is 3.20. The van der Waals surface area contributed by atoms with Crippen molar-refractivity contribution in [1.29, 1.82) is 0 Å². The predicted molar refractivity (Wildman–Crippen MR) is 118 cm³/mol. The van der Waals surface area contributed by atoms with E-state index >= 15 is 0 Å². The standard InChI is InChI=1S/C23H25FN4O5/c1-5-32-22(30)21-14(3)25-23(31)26-19(21)12-33-20(29)11-10-18-13(2)27-28(15(18)4)17-8-6-16(24)7-9-17/h6-11,14H,5,12H2,1-4H3,(H2,25,26,31). The fourth-order valence-electron chi connectivity index (χ4n) is 3.47. The number of nitrogens with one attached hydrogen (secondary N) is 2. The van der Waals surface area contributed by atoms with E-state index in [0.29, 0.717) is 16.9 Å². The molecule has 9 nitrogen and oxygen atoms in total. The van der Waals surface area contributed by atoms with E-state index in [0.717, 1.165) is 5.69 Å². The van der Waals surface area contributed by atoms with Crippen LogP contribution >= 0.6 is 0 Å². The Bertz CT molecular complexity index is 1130. The second-order valence-corrected chi connectivity index (χ2v) is 7.35. The van der Waals surface area contributed by atoms with Crippen LogP contribution in [0.25, 0.3) is 11.8 Å². The van der Waals surface area contributed by atoms with Gasteiger partial charge < -0.3 is 20.1 Å². The van der Waals surface area contributed by atoms with Gasteiger partial charge in [-0.15, -0.1) is 0 Å². The Hall–Kier alpha value is -3.95. The molecule has 0 fully saturated rings. The Kier molecular flexibility index (Phi) is 7.27. The van der Waals surface area contributed by atoms with Crippen LogP contribution in [0.5, 0.6) is 0 Å². The van der Waals surface area contributed by atoms with Gasteiger partial charge in [-0.05, 0) is 58.0 Å². The molecule has 0 saturated heterocycles. The van der Waals surface area contributed by atoms with Crippen LogP contribution in [-0.2, 0) is 19.1 Å². The van der Waals surface area contributed by atoms with Gasteiger partial charge in [-0.2, -0.15) is 5.10 Å². The zero-order valence-corrected chi connectivity index (χ0v) is 18.8. The maximum atomic E-state index is 13.2. The second kappa shape index (κ2) is 10.1. The van der Waals surface area contributed by atoms with Gasteiger partial charge in [-0.3, -0.25) is 0 Å². The number of benzene rings is 1. The largest absolute Gasteiger partial charge is 0.463 e. The van der Waals surface area contributed by atoms with Gasteiger partial charge in [0.1, 0.15) is 12.4 Å². The van der Waals surface area contributed by atoms with Crippen LogP contribution in [0.15, 0.2) is 41.6 Å². The van der Waals surface area contributed by atoms with Crippen molar-refractivity contribution in [1.82, 2.24) is 20.4 Å². The fourth-order valence-corrected chi connectivity index (χ4v) is 3.47. The molecule has 174 valence electrons. The normalized spacial score (nSPS) is 15.9. The lowest BCUT2D eigenvalue weighted by molar-refractivity contribution is -0.140. The first-order valence-electron chi connectivity index (χ1n) is 10.4. The molecule has 0 saturated carbocycles. The van der Waals surface area contributed by atoms with Gasteiger partial charge in [0, 0.05) is 17.3 Å². The molecule has 1 atom stereocenters. The van der Waals surface area contributed by atoms with Crippen molar-refractivity contribution in [2.75, 3.05) is 13.2 Å². The van der Waals surface area contributed by atoms with Crippen molar-refractivity contribution >= 4 is 24.0 Å². The fraction of sp³-hybridized carbons (Fsp3) is 0.304. The Balaban J connectivity index is 1.73. The highest BCUT2D eigenvalue weighted by Crippen LogP contribution is 2.20. The third kappa shape index (κ3) is 5.46. The lowest BCUT2D eigenvalue weighted by Crippen LogP contribution is -2.50. The summed E-state index contributed by atoms with van der Waals surface area (Å²) in [7, 11) is 0. The van der Waals surface area contributed by atoms with Gasteiger partial charge in [-0.25, -0.2) is 23.5 Å². The van der Waals surface area contributed by atoms with Gasteiger partial charge in [0.2, 0.25) is 0 Å². The van der Waals surface area contributed by atoms with Crippen molar-refractivity contribution in [3.8, 4) is 5.69 Å². The minimum Gasteiger partial charge on any atom is -0.463 e. The minimum atomic E-state index is -0.667. The Morgan fingerprint density at radius 2 is 1.91 bits per heavy atom. The molecule has 0 bridgehead atoms. The van der Waals surface area contributed by atoms with Crippen molar-refractivity contribution in [3.63, 3.8) is 0 Å². The number of hydrogen-bond acceptors (Lipinski definition) is 6. The third-order valence-corrected chi connectivity index (χ3v) is 5.03. The van der Waals surface area contributed by atoms with E-state index in [1.807, 2.05) is 6.92 Å². The molecular weight excluding hydrogens is 431 g/mol. The first-order chi connectivity index (χ1) is 15.7. The number of rotatable bonds is 7. The van der Waals surface area contributed by atoms with E-state index < -0.39 is 24.0 Å². The number of aryl methyl sites for hydroxylation is 1. The summed E-state index contributed by atoms with van der Waals surface area (Å²) in [6.45, 7) is 6.80. The number of aromatic nitrogens is 2. The highest BCUT2D eigenvalue weighted by molar-refractivity contribution is 5.95. The lowest BCUT2D eigenvalue weighted by atomic mass is 10.0. The average Bonchev–Trinajstić information content (AvgIpc) is 3.04. The number of urea groups is 1. The molecule has 0 radical (unpaired) electrons. The molecule has 1 aromatic carbocycles. The van der Waals surface area contributed by atoms with Crippen molar-refractivity contribution < 1.29 is 28.2 Å². The van der Waals surface area contributed by atoms with E-state index in [4.69, 9.17) is 9.47 Å². The van der Waals surface area contributed by atoms with Crippen molar-refractivity contribution in [2.45, 2.75) is 33.7 Å². The SMILES string of the molecule is CCOC(=O)C1=C(COC(=O)C=Cc2c(C)nn(-c3ccc(F)cc3)c2C)NC(=O)NC1C. The van der Waals surface area contributed by atoms with Crippen LogP contribution < -0.4 is 10.6 Å². The third-order valence-electron chi connectivity index (χ3n) is 5.03. The Morgan fingerprint density at radius 1 is 1.21 bits per heavy atom. The molecule has 2 amide bonds. The number of hydrogen-bond donors (Lipinski definition) is 2. The number of nitrogens with zero attached hydrogens (tertiary/aromatic N) is 2. The molecule has 0 spiro atoms. The summed E-state index contributed by atoms with van der Waals surface area (Å²) < 4.78 is 25.1. The molecule has 2 heterocycles. The topological polar surface area (TPSA) is 112 Å². The summed E-state index contributed by atoms with van der Waals surface area (Å²) in [6.07, 6.45) is 2.81. The van der Waals surface area contributed by atoms with Crippen LogP contribution in [0.1, 0.15) is 30.8 Å². The summed E-state index contributed by atoms with van der Waals surface area (Å²) in [4.78, 5) is 36.3. The summed E-state index contributed by atoms with van der Waals surface area (Å²) >= 11 is 0. The van der Waals surface area contributed by atoms with E-state index in [9.17, 15) is 18.8 Å². The quantitative estimate of drug-likeness (QED) is 0.490.